The molecule has 5 N–H and O–H groups in total. The number of amides is 2. The number of amidine groups is 1. The van der Waals surface area contributed by atoms with E-state index >= 15 is 0 Å². The highest BCUT2D eigenvalue weighted by Gasteiger charge is 2.15. The van der Waals surface area contributed by atoms with Gasteiger partial charge in [-0.05, 0) is 66.8 Å². The average molecular weight is 601 g/mol. The Kier molecular flexibility index (Phi) is 10.6. The number of hydrogen-bond acceptors (Lipinski definition) is 7. The summed E-state index contributed by atoms with van der Waals surface area (Å²) in [6, 6.07) is 29.0. The summed E-state index contributed by atoms with van der Waals surface area (Å²) in [5.74, 6) is 0.667. The first-order chi connectivity index (χ1) is 20.7. The zero-order valence-corrected chi connectivity index (χ0v) is 24.1. The van der Waals surface area contributed by atoms with Crippen molar-refractivity contribution in [2.45, 2.75) is 30.6 Å². The zero-order valence-electron chi connectivity index (χ0n) is 23.3. The minimum absolute atomic E-state index is 0.0201. The number of carbonyl (C=O) groups excluding carboxylic acids is 2. The quantitative estimate of drug-likeness (QED) is 0.0993. The van der Waals surface area contributed by atoms with Crippen molar-refractivity contribution < 1.29 is 27.5 Å². The summed E-state index contributed by atoms with van der Waals surface area (Å²) in [6.45, 7) is 0.441. The third-order valence-corrected chi connectivity index (χ3v) is 7.35. The van der Waals surface area contributed by atoms with Crippen molar-refractivity contribution in [3.8, 4) is 22.6 Å². The predicted octanol–water partition coefficient (Wildman–Crippen LogP) is 5.62. The lowest BCUT2D eigenvalue weighted by molar-refractivity contribution is 0.200. The van der Waals surface area contributed by atoms with E-state index in [4.69, 9.17) is 20.0 Å². The van der Waals surface area contributed by atoms with Gasteiger partial charge in [-0.2, -0.15) is 0 Å². The summed E-state index contributed by atoms with van der Waals surface area (Å²) in [5, 5.41) is 18.7. The third-order valence-electron chi connectivity index (χ3n) is 6.38. The average Bonchev–Trinajstić information content (AvgIpc) is 2.99. The van der Waals surface area contributed by atoms with Gasteiger partial charge in [0.15, 0.2) is 0 Å². The molecular formula is C32H32N4O6S. The molecule has 4 rings (SSSR count). The maximum atomic E-state index is 12.2. The van der Waals surface area contributed by atoms with Crippen molar-refractivity contribution in [2.75, 3.05) is 6.54 Å². The molecule has 0 saturated heterocycles. The van der Waals surface area contributed by atoms with Gasteiger partial charge < -0.3 is 14.8 Å². The summed E-state index contributed by atoms with van der Waals surface area (Å²) in [5.41, 5.74) is 2.70. The number of rotatable bonds is 11. The van der Waals surface area contributed by atoms with Crippen molar-refractivity contribution in [1.82, 2.24) is 10.6 Å². The van der Waals surface area contributed by atoms with Gasteiger partial charge in [-0.1, -0.05) is 73.2 Å². The largest absolute Gasteiger partial charge is 0.418 e. The highest BCUT2D eigenvalue weighted by atomic mass is 32.2. The molecule has 0 unspecified atom stereocenters. The minimum Gasteiger partial charge on any atom is -0.410 e. The molecule has 4 aromatic carbocycles. The van der Waals surface area contributed by atoms with E-state index in [1.807, 2.05) is 24.3 Å². The molecule has 0 aliphatic rings. The van der Waals surface area contributed by atoms with Crippen LogP contribution >= 0.6 is 0 Å². The Labute approximate surface area is 250 Å². The molecule has 0 aliphatic carbocycles. The molecule has 0 fully saturated rings. The molecule has 0 spiro atoms. The number of carbonyl (C=O) groups is 2. The molecular weight excluding hydrogens is 568 g/mol. The molecule has 0 atom stereocenters. The molecule has 2 amide bonds. The number of nitrogens with two attached hydrogens (primary N) is 1. The molecule has 0 aliphatic heterocycles. The summed E-state index contributed by atoms with van der Waals surface area (Å²) in [7, 11) is -3.88. The Bertz CT molecular complexity index is 1680. The fourth-order valence-corrected chi connectivity index (χ4v) is 5.06. The number of benzene rings is 4. The Morgan fingerprint density at radius 2 is 1.42 bits per heavy atom. The SMILES string of the molecule is N=C(NC(=O)Oc1ccccc1)c1cccc(CCCCCNC(=O)Oc2ccc(-c3ccccc3S(N)(=O)=O)cc2)c1. The van der Waals surface area contributed by atoms with Crippen LogP contribution in [-0.2, 0) is 16.4 Å². The van der Waals surface area contributed by atoms with Gasteiger partial charge in [-0.3, -0.25) is 10.7 Å². The van der Waals surface area contributed by atoms with E-state index in [0.29, 0.717) is 34.7 Å². The first kappa shape index (κ1) is 30.9. The van der Waals surface area contributed by atoms with Crippen LogP contribution in [0.5, 0.6) is 11.5 Å². The van der Waals surface area contributed by atoms with Crippen molar-refractivity contribution in [3.05, 3.63) is 114 Å². The Morgan fingerprint density at radius 1 is 0.744 bits per heavy atom. The Morgan fingerprint density at radius 3 is 2.16 bits per heavy atom. The number of unbranched alkanes of at least 4 members (excludes halogenated alkanes) is 2. The van der Waals surface area contributed by atoms with Crippen LogP contribution in [0, 0.1) is 5.41 Å². The summed E-state index contributed by atoms with van der Waals surface area (Å²) < 4.78 is 34.2. The fourth-order valence-electron chi connectivity index (χ4n) is 4.30. The molecule has 43 heavy (non-hydrogen) atoms. The third kappa shape index (κ3) is 9.52. The minimum atomic E-state index is -3.88. The van der Waals surface area contributed by atoms with Crippen LogP contribution < -0.4 is 25.2 Å². The maximum absolute atomic E-state index is 12.2. The van der Waals surface area contributed by atoms with E-state index in [1.165, 1.54) is 6.07 Å². The molecule has 0 aromatic heterocycles. The first-order valence-corrected chi connectivity index (χ1v) is 15.1. The van der Waals surface area contributed by atoms with Crippen molar-refractivity contribution >= 4 is 28.0 Å². The van der Waals surface area contributed by atoms with Crippen molar-refractivity contribution in [2.24, 2.45) is 5.14 Å². The van der Waals surface area contributed by atoms with Crippen LogP contribution in [-0.4, -0.2) is 33.0 Å². The zero-order chi connectivity index (χ0) is 30.7. The maximum Gasteiger partial charge on any atom is 0.418 e. The number of nitrogens with one attached hydrogen (secondary N) is 3. The van der Waals surface area contributed by atoms with E-state index < -0.39 is 22.2 Å². The van der Waals surface area contributed by atoms with E-state index in [1.54, 1.807) is 72.8 Å². The second-order valence-corrected chi connectivity index (χ2v) is 11.1. The number of sulfonamides is 1. The summed E-state index contributed by atoms with van der Waals surface area (Å²) in [6.07, 6.45) is 1.96. The van der Waals surface area contributed by atoms with Crippen molar-refractivity contribution in [3.63, 3.8) is 0 Å². The fraction of sp³-hybridized carbons (Fsp3) is 0.156. The number of para-hydroxylation sites is 1. The summed E-state index contributed by atoms with van der Waals surface area (Å²) in [4.78, 5) is 24.3. The van der Waals surface area contributed by atoms with Gasteiger partial charge in [0.1, 0.15) is 17.3 Å². The number of primary sulfonamides is 1. The van der Waals surface area contributed by atoms with Crippen LogP contribution in [0.3, 0.4) is 0 Å². The van der Waals surface area contributed by atoms with Crippen LogP contribution in [0.15, 0.2) is 108 Å². The second kappa shape index (κ2) is 14.8. The first-order valence-electron chi connectivity index (χ1n) is 13.6. The molecule has 0 saturated carbocycles. The molecule has 222 valence electrons. The van der Waals surface area contributed by atoms with Crippen LogP contribution in [0.25, 0.3) is 11.1 Å². The van der Waals surface area contributed by atoms with E-state index in [9.17, 15) is 18.0 Å². The standard InChI is InChI=1S/C32H32N4O6S/c33-30(36-32(38)42-26-13-4-1-5-14-26)25-12-9-11-23(22-25)10-3-2-8-21-35-31(37)41-27-19-17-24(18-20-27)28-15-6-7-16-29(28)43(34,39)40/h1,4-7,9,11-20,22H,2-3,8,10,21H2,(H,35,37)(H2,33,36,38)(H2,34,39,40). The molecule has 0 radical (unpaired) electrons. The normalized spacial score (nSPS) is 10.9. The van der Waals surface area contributed by atoms with Gasteiger partial charge in [-0.15, -0.1) is 0 Å². The van der Waals surface area contributed by atoms with Gasteiger partial charge in [0.2, 0.25) is 10.0 Å². The lowest BCUT2D eigenvalue weighted by Gasteiger charge is -2.10. The Hall–Kier alpha value is -5.00. The van der Waals surface area contributed by atoms with Gasteiger partial charge in [-0.25, -0.2) is 23.1 Å². The highest BCUT2D eigenvalue weighted by molar-refractivity contribution is 7.89. The van der Waals surface area contributed by atoms with Crippen LogP contribution in [0.2, 0.25) is 0 Å². The van der Waals surface area contributed by atoms with Crippen LogP contribution in [0.1, 0.15) is 30.4 Å². The molecule has 11 heteroatoms. The highest BCUT2D eigenvalue weighted by Crippen LogP contribution is 2.28. The number of hydrogen-bond donors (Lipinski definition) is 4. The van der Waals surface area contributed by atoms with E-state index in [2.05, 4.69) is 10.6 Å². The lowest BCUT2D eigenvalue weighted by Crippen LogP contribution is -2.33. The molecule has 10 nitrogen and oxygen atoms in total. The topological polar surface area (TPSA) is 161 Å². The molecule has 0 heterocycles. The van der Waals surface area contributed by atoms with E-state index in [-0.39, 0.29) is 10.7 Å². The van der Waals surface area contributed by atoms with Crippen LogP contribution in [0.4, 0.5) is 9.59 Å². The van der Waals surface area contributed by atoms with Gasteiger partial charge >= 0.3 is 12.2 Å². The Balaban J connectivity index is 1.15. The summed E-state index contributed by atoms with van der Waals surface area (Å²) >= 11 is 0. The van der Waals surface area contributed by atoms with E-state index in [0.717, 1.165) is 31.2 Å². The van der Waals surface area contributed by atoms with Gasteiger partial charge in [0.05, 0.1) is 4.90 Å². The monoisotopic (exact) mass is 600 g/mol. The lowest BCUT2D eigenvalue weighted by atomic mass is 10.0. The second-order valence-electron chi connectivity index (χ2n) is 9.60. The predicted molar refractivity (Wildman–Crippen MR) is 164 cm³/mol. The molecule has 4 aromatic rings. The number of aryl methyl sites for hydroxylation is 1. The van der Waals surface area contributed by atoms with Gasteiger partial charge in [0, 0.05) is 17.7 Å². The number of ether oxygens (including phenoxy) is 2. The van der Waals surface area contributed by atoms with Gasteiger partial charge in [0.25, 0.3) is 0 Å². The van der Waals surface area contributed by atoms with Crippen molar-refractivity contribution in [1.29, 1.82) is 5.41 Å². The molecule has 0 bridgehead atoms. The smallest absolute Gasteiger partial charge is 0.410 e.